The summed E-state index contributed by atoms with van der Waals surface area (Å²) in [5.41, 5.74) is 1.11. The van der Waals surface area contributed by atoms with Crippen molar-refractivity contribution in [1.29, 1.82) is 0 Å². The topological polar surface area (TPSA) is 48.7 Å². The number of furan rings is 1. The third-order valence-corrected chi connectivity index (χ3v) is 3.85. The highest BCUT2D eigenvalue weighted by molar-refractivity contribution is 9.10. The lowest BCUT2D eigenvalue weighted by Gasteiger charge is -2.04. The van der Waals surface area contributed by atoms with Gasteiger partial charge in [-0.3, -0.25) is 0 Å². The molecule has 20 heavy (non-hydrogen) atoms. The highest BCUT2D eigenvalue weighted by atomic mass is 79.9. The highest BCUT2D eigenvalue weighted by Crippen LogP contribution is 2.35. The second kappa shape index (κ2) is 6.63. The van der Waals surface area contributed by atoms with Gasteiger partial charge in [0, 0.05) is 17.1 Å². The normalized spacial score (nSPS) is 10.8. The fraction of sp³-hybridized carbons (Fsp3) is 0.357. The van der Waals surface area contributed by atoms with E-state index in [9.17, 15) is 4.79 Å². The third-order valence-electron chi connectivity index (χ3n) is 2.84. The van der Waals surface area contributed by atoms with Gasteiger partial charge in [0.15, 0.2) is 0 Å². The first-order chi connectivity index (χ1) is 9.62. The lowest BCUT2D eigenvalue weighted by molar-refractivity contribution is 0.0526. The number of hydrogen-bond donors (Lipinski definition) is 0. The summed E-state index contributed by atoms with van der Waals surface area (Å²) in [6.07, 6.45) is 0.614. The molecule has 0 aliphatic rings. The van der Waals surface area contributed by atoms with E-state index in [2.05, 4.69) is 31.9 Å². The van der Waals surface area contributed by atoms with E-state index in [4.69, 9.17) is 13.9 Å². The van der Waals surface area contributed by atoms with E-state index in [1.807, 2.05) is 0 Å². The van der Waals surface area contributed by atoms with Gasteiger partial charge >= 0.3 is 5.97 Å². The Hall–Kier alpha value is -1.01. The summed E-state index contributed by atoms with van der Waals surface area (Å²) in [7, 11) is 1.58. The van der Waals surface area contributed by atoms with Crippen LogP contribution in [0.1, 0.15) is 23.0 Å². The molecule has 6 heteroatoms. The van der Waals surface area contributed by atoms with Gasteiger partial charge in [-0.25, -0.2) is 4.79 Å². The first-order valence-corrected chi connectivity index (χ1v) is 8.05. The zero-order valence-electron chi connectivity index (χ0n) is 11.2. The SMILES string of the molecule is CCOC(=O)c1c(CCBr)oc2cc(Br)c(OC)cc12. The van der Waals surface area contributed by atoms with Crippen molar-refractivity contribution in [3.63, 3.8) is 0 Å². The average Bonchev–Trinajstić information content (AvgIpc) is 2.75. The number of alkyl halides is 1. The van der Waals surface area contributed by atoms with Gasteiger partial charge in [-0.05, 0) is 35.0 Å². The molecule has 0 radical (unpaired) electrons. The molecule has 1 aromatic heterocycles. The molecule has 0 amide bonds. The second-order valence-electron chi connectivity index (χ2n) is 4.04. The summed E-state index contributed by atoms with van der Waals surface area (Å²) in [5, 5.41) is 1.41. The Labute approximate surface area is 133 Å². The van der Waals surface area contributed by atoms with Crippen LogP contribution in [-0.4, -0.2) is 25.0 Å². The molecule has 0 fully saturated rings. The van der Waals surface area contributed by atoms with Gasteiger partial charge in [0.1, 0.15) is 22.7 Å². The number of esters is 1. The maximum Gasteiger partial charge on any atom is 0.342 e. The van der Waals surface area contributed by atoms with Gasteiger partial charge < -0.3 is 13.9 Å². The maximum absolute atomic E-state index is 12.1. The molecule has 1 aromatic carbocycles. The second-order valence-corrected chi connectivity index (χ2v) is 5.69. The Morgan fingerprint density at radius 3 is 2.75 bits per heavy atom. The van der Waals surface area contributed by atoms with E-state index in [0.717, 1.165) is 4.47 Å². The summed E-state index contributed by atoms with van der Waals surface area (Å²) in [6.45, 7) is 2.11. The van der Waals surface area contributed by atoms with Crippen molar-refractivity contribution in [2.24, 2.45) is 0 Å². The first kappa shape index (κ1) is 15.4. The standard InChI is InChI=1S/C14H14Br2O4/c1-3-19-14(17)13-8-6-12(18-2)9(16)7-11(8)20-10(13)4-5-15/h6-7H,3-5H2,1-2H3. The molecule has 0 atom stereocenters. The number of rotatable bonds is 5. The van der Waals surface area contributed by atoms with E-state index in [1.54, 1.807) is 26.2 Å². The summed E-state index contributed by atoms with van der Waals surface area (Å²) in [4.78, 5) is 12.1. The van der Waals surface area contributed by atoms with Crippen LogP contribution in [0, 0.1) is 0 Å². The van der Waals surface area contributed by atoms with Crippen LogP contribution < -0.4 is 4.74 Å². The maximum atomic E-state index is 12.1. The van der Waals surface area contributed by atoms with Gasteiger partial charge in [-0.1, -0.05) is 15.9 Å². The smallest absolute Gasteiger partial charge is 0.342 e. The van der Waals surface area contributed by atoms with E-state index in [0.29, 0.717) is 46.4 Å². The van der Waals surface area contributed by atoms with E-state index < -0.39 is 0 Å². The van der Waals surface area contributed by atoms with Crippen molar-refractivity contribution in [3.05, 3.63) is 27.9 Å². The van der Waals surface area contributed by atoms with Crippen LogP contribution in [0.4, 0.5) is 0 Å². The van der Waals surface area contributed by atoms with Crippen molar-refractivity contribution in [2.45, 2.75) is 13.3 Å². The van der Waals surface area contributed by atoms with Crippen LogP contribution in [0.5, 0.6) is 5.75 Å². The van der Waals surface area contributed by atoms with Crippen molar-refractivity contribution < 1.29 is 18.7 Å². The number of ether oxygens (including phenoxy) is 2. The lowest BCUT2D eigenvalue weighted by atomic mass is 10.1. The number of benzene rings is 1. The van der Waals surface area contributed by atoms with Crippen molar-refractivity contribution in [1.82, 2.24) is 0 Å². The Balaban J connectivity index is 2.65. The van der Waals surface area contributed by atoms with E-state index >= 15 is 0 Å². The Bertz CT molecular complexity index is 634. The van der Waals surface area contributed by atoms with Crippen LogP contribution in [0.15, 0.2) is 21.0 Å². The van der Waals surface area contributed by atoms with Gasteiger partial charge in [-0.15, -0.1) is 0 Å². The summed E-state index contributed by atoms with van der Waals surface area (Å²) >= 11 is 6.77. The molecular formula is C14H14Br2O4. The molecular weight excluding hydrogens is 392 g/mol. The fourth-order valence-electron chi connectivity index (χ4n) is 1.99. The van der Waals surface area contributed by atoms with Crippen molar-refractivity contribution >= 4 is 48.8 Å². The fourth-order valence-corrected chi connectivity index (χ4v) is 2.84. The first-order valence-electron chi connectivity index (χ1n) is 6.14. The number of fused-ring (bicyclic) bond motifs is 1. The number of hydrogen-bond acceptors (Lipinski definition) is 4. The molecule has 0 aliphatic heterocycles. The molecule has 0 aliphatic carbocycles. The van der Waals surface area contributed by atoms with Crippen LogP contribution in [0.2, 0.25) is 0 Å². The average molecular weight is 406 g/mol. The lowest BCUT2D eigenvalue weighted by Crippen LogP contribution is -2.07. The number of aryl methyl sites for hydroxylation is 1. The van der Waals surface area contributed by atoms with Gasteiger partial charge in [0.05, 0.1) is 18.2 Å². The number of methoxy groups -OCH3 is 1. The monoisotopic (exact) mass is 404 g/mol. The zero-order valence-corrected chi connectivity index (χ0v) is 14.3. The molecule has 0 spiro atoms. The third kappa shape index (κ3) is 2.86. The van der Waals surface area contributed by atoms with Crippen molar-refractivity contribution in [2.75, 3.05) is 19.0 Å². The van der Waals surface area contributed by atoms with E-state index in [1.165, 1.54) is 0 Å². The molecule has 0 bridgehead atoms. The van der Waals surface area contributed by atoms with Crippen LogP contribution in [0.25, 0.3) is 11.0 Å². The molecule has 0 saturated carbocycles. The number of carbonyl (C=O) groups excluding carboxylic acids is 1. The van der Waals surface area contributed by atoms with Crippen LogP contribution >= 0.6 is 31.9 Å². The van der Waals surface area contributed by atoms with Crippen LogP contribution in [0.3, 0.4) is 0 Å². The molecule has 0 unspecified atom stereocenters. The van der Waals surface area contributed by atoms with Gasteiger partial charge in [0.2, 0.25) is 0 Å². The predicted molar refractivity (Wildman–Crippen MR) is 83.9 cm³/mol. The molecule has 0 saturated heterocycles. The Kier molecular flexibility index (Phi) is 5.10. The molecule has 0 N–H and O–H groups in total. The van der Waals surface area contributed by atoms with E-state index in [-0.39, 0.29) is 5.97 Å². The quantitative estimate of drug-likeness (QED) is 0.549. The highest BCUT2D eigenvalue weighted by Gasteiger charge is 2.22. The Morgan fingerprint density at radius 1 is 1.40 bits per heavy atom. The predicted octanol–water partition coefficient (Wildman–Crippen LogP) is 4.32. The number of carbonyl (C=O) groups is 1. The minimum atomic E-state index is -0.369. The zero-order chi connectivity index (χ0) is 14.7. The van der Waals surface area contributed by atoms with Gasteiger partial charge in [0.25, 0.3) is 0 Å². The molecule has 108 valence electrons. The summed E-state index contributed by atoms with van der Waals surface area (Å²) < 4.78 is 16.9. The van der Waals surface area contributed by atoms with Crippen molar-refractivity contribution in [3.8, 4) is 5.75 Å². The minimum absolute atomic E-state index is 0.326. The van der Waals surface area contributed by atoms with Gasteiger partial charge in [-0.2, -0.15) is 0 Å². The minimum Gasteiger partial charge on any atom is -0.496 e. The Morgan fingerprint density at radius 2 is 2.15 bits per heavy atom. The summed E-state index contributed by atoms with van der Waals surface area (Å²) in [5.74, 6) is 0.899. The molecule has 2 rings (SSSR count). The van der Waals surface area contributed by atoms with Crippen LogP contribution in [-0.2, 0) is 11.2 Å². The summed E-state index contributed by atoms with van der Waals surface area (Å²) in [6, 6.07) is 3.58. The number of halogens is 2. The molecule has 1 heterocycles. The largest absolute Gasteiger partial charge is 0.496 e. The molecule has 4 nitrogen and oxygen atoms in total. The molecule has 2 aromatic rings.